The molecule has 1 N–H and O–H groups in total. The molecule has 158 valence electrons. The van der Waals surface area contributed by atoms with Gasteiger partial charge in [0.1, 0.15) is 0 Å². The zero-order chi connectivity index (χ0) is 20.7. The van der Waals surface area contributed by atoms with E-state index in [1.54, 1.807) is 4.90 Å². The van der Waals surface area contributed by atoms with Crippen molar-refractivity contribution in [3.63, 3.8) is 0 Å². The lowest BCUT2D eigenvalue weighted by Crippen LogP contribution is -2.47. The summed E-state index contributed by atoms with van der Waals surface area (Å²) in [7, 11) is 10.4. The Morgan fingerprint density at radius 3 is 2.29 bits per heavy atom. The molecular weight excluding hydrogens is 350 g/mol. The maximum absolute atomic E-state index is 12.6. The van der Waals surface area contributed by atoms with Crippen molar-refractivity contribution in [2.45, 2.75) is 31.8 Å². The third-order valence-corrected chi connectivity index (χ3v) is 5.98. The number of amides is 2. The molecule has 0 saturated carbocycles. The minimum atomic E-state index is -0.00395. The van der Waals surface area contributed by atoms with Gasteiger partial charge in [-0.25, -0.2) is 4.79 Å². The van der Waals surface area contributed by atoms with Crippen molar-refractivity contribution in [1.29, 1.82) is 0 Å². The normalized spacial score (nSPS) is 17.1. The highest BCUT2D eigenvalue weighted by molar-refractivity contribution is 5.73. The van der Waals surface area contributed by atoms with Crippen LogP contribution in [0.2, 0.25) is 0 Å². The van der Waals surface area contributed by atoms with E-state index in [1.807, 2.05) is 7.05 Å². The van der Waals surface area contributed by atoms with Crippen molar-refractivity contribution < 1.29 is 4.79 Å². The predicted molar refractivity (Wildman–Crippen MR) is 117 cm³/mol. The Hall–Kier alpha value is -1.63. The van der Waals surface area contributed by atoms with E-state index >= 15 is 0 Å². The number of hydrogen-bond donors (Lipinski definition) is 1. The summed E-state index contributed by atoms with van der Waals surface area (Å²) < 4.78 is 0. The number of benzene rings is 1. The van der Waals surface area contributed by atoms with E-state index in [2.05, 4.69) is 79.4 Å². The first-order valence-corrected chi connectivity index (χ1v) is 10.4. The van der Waals surface area contributed by atoms with E-state index in [0.29, 0.717) is 12.6 Å². The fraction of sp³-hybridized carbons (Fsp3) is 0.682. The minimum Gasteiger partial charge on any atom is -0.336 e. The largest absolute Gasteiger partial charge is 0.336 e. The van der Waals surface area contributed by atoms with Crippen molar-refractivity contribution in [2.24, 2.45) is 0 Å². The Morgan fingerprint density at radius 1 is 1.11 bits per heavy atom. The topological polar surface area (TPSA) is 42.1 Å². The summed E-state index contributed by atoms with van der Waals surface area (Å²) in [4.78, 5) is 21.3. The minimum absolute atomic E-state index is 0.00395. The van der Waals surface area contributed by atoms with Gasteiger partial charge in [0.25, 0.3) is 0 Å². The van der Waals surface area contributed by atoms with Crippen molar-refractivity contribution in [2.75, 3.05) is 68.0 Å². The first-order chi connectivity index (χ1) is 13.3. The monoisotopic (exact) mass is 389 g/mol. The molecule has 1 aromatic rings. The summed E-state index contributed by atoms with van der Waals surface area (Å²) in [6.45, 7) is 6.67. The Labute approximate surface area is 171 Å². The van der Waals surface area contributed by atoms with E-state index in [9.17, 15) is 4.79 Å². The van der Waals surface area contributed by atoms with Gasteiger partial charge in [0, 0.05) is 32.7 Å². The van der Waals surface area contributed by atoms with E-state index in [-0.39, 0.29) is 12.1 Å². The number of carbonyl (C=O) groups is 1. The number of likely N-dealkylation sites (tertiary alicyclic amines) is 1. The molecule has 2 rings (SSSR count). The van der Waals surface area contributed by atoms with Crippen molar-refractivity contribution in [3.8, 4) is 0 Å². The molecule has 28 heavy (non-hydrogen) atoms. The van der Waals surface area contributed by atoms with Crippen LogP contribution >= 0.6 is 0 Å². The lowest BCUT2D eigenvalue weighted by atomic mass is 10.0. The second kappa shape index (κ2) is 10.8. The number of nitrogens with zero attached hydrogens (tertiary/aromatic N) is 4. The smallest absolute Gasteiger partial charge is 0.317 e. The van der Waals surface area contributed by atoms with Crippen LogP contribution in [0.5, 0.6) is 0 Å². The van der Waals surface area contributed by atoms with Crippen LogP contribution in [-0.4, -0.2) is 99.6 Å². The number of urea groups is 1. The molecule has 1 aliphatic rings. The van der Waals surface area contributed by atoms with Crippen LogP contribution in [0.25, 0.3) is 0 Å². The maximum atomic E-state index is 12.6. The molecule has 0 spiro atoms. The highest BCUT2D eigenvalue weighted by Gasteiger charge is 2.21. The standard InChI is InChI=1S/C22H39N5O/c1-18-7-9-19(10-8-18)21(24(2)3)17-23-22(28)27(6)16-15-26(5)20-11-13-25(4)14-12-20/h7-10,20-21H,11-17H2,1-6H3,(H,23,28). The van der Waals surface area contributed by atoms with Gasteiger partial charge in [0.05, 0.1) is 6.04 Å². The lowest BCUT2D eigenvalue weighted by Gasteiger charge is -2.35. The zero-order valence-electron chi connectivity index (χ0n) is 18.6. The molecule has 1 unspecified atom stereocenters. The second-order valence-electron chi connectivity index (χ2n) is 8.51. The summed E-state index contributed by atoms with van der Waals surface area (Å²) in [6.07, 6.45) is 2.42. The molecule has 0 aromatic heterocycles. The quantitative estimate of drug-likeness (QED) is 0.741. The first kappa shape index (κ1) is 22.7. The van der Waals surface area contributed by atoms with Gasteiger partial charge in [-0.1, -0.05) is 29.8 Å². The molecule has 1 heterocycles. The lowest BCUT2D eigenvalue weighted by molar-refractivity contribution is 0.134. The Bertz CT molecular complexity index is 595. The van der Waals surface area contributed by atoms with E-state index < -0.39 is 0 Å². The van der Waals surface area contributed by atoms with Gasteiger partial charge in [-0.15, -0.1) is 0 Å². The van der Waals surface area contributed by atoms with Crippen LogP contribution in [-0.2, 0) is 0 Å². The third kappa shape index (κ3) is 6.76. The molecule has 1 aliphatic heterocycles. The molecule has 2 amide bonds. The summed E-state index contributed by atoms with van der Waals surface area (Å²) >= 11 is 0. The number of hydrogen-bond acceptors (Lipinski definition) is 4. The summed E-state index contributed by atoms with van der Waals surface area (Å²) in [5.41, 5.74) is 2.47. The second-order valence-corrected chi connectivity index (χ2v) is 8.51. The van der Waals surface area contributed by atoms with Gasteiger partial charge in [0.2, 0.25) is 0 Å². The predicted octanol–water partition coefficient (Wildman–Crippen LogP) is 2.27. The molecule has 1 aromatic carbocycles. The average molecular weight is 390 g/mol. The van der Waals surface area contributed by atoms with Crippen LogP contribution in [0.4, 0.5) is 4.79 Å². The molecule has 0 bridgehead atoms. The van der Waals surface area contributed by atoms with Gasteiger partial charge in [-0.3, -0.25) is 0 Å². The van der Waals surface area contributed by atoms with E-state index in [4.69, 9.17) is 0 Å². The van der Waals surface area contributed by atoms with E-state index in [0.717, 1.165) is 26.2 Å². The van der Waals surface area contributed by atoms with Gasteiger partial charge in [-0.2, -0.15) is 0 Å². The average Bonchev–Trinajstić information content (AvgIpc) is 2.67. The van der Waals surface area contributed by atoms with Crippen LogP contribution in [0.1, 0.15) is 30.0 Å². The van der Waals surface area contributed by atoms with Gasteiger partial charge < -0.3 is 24.9 Å². The van der Waals surface area contributed by atoms with Crippen LogP contribution < -0.4 is 5.32 Å². The number of nitrogens with one attached hydrogen (secondary N) is 1. The Kier molecular flexibility index (Phi) is 8.73. The Balaban J connectivity index is 1.78. The summed E-state index contributed by atoms with van der Waals surface area (Å²) in [6, 6.07) is 9.33. The summed E-state index contributed by atoms with van der Waals surface area (Å²) in [5.74, 6) is 0. The SMILES string of the molecule is Cc1ccc(C(CNC(=O)N(C)CCN(C)C2CCN(C)CC2)N(C)C)cc1. The number of carbonyl (C=O) groups excluding carboxylic acids is 1. The zero-order valence-corrected chi connectivity index (χ0v) is 18.6. The van der Waals surface area contributed by atoms with Gasteiger partial charge in [0.15, 0.2) is 0 Å². The van der Waals surface area contributed by atoms with Crippen molar-refractivity contribution in [1.82, 2.24) is 24.9 Å². The molecular formula is C22H39N5O. The first-order valence-electron chi connectivity index (χ1n) is 10.4. The van der Waals surface area contributed by atoms with E-state index in [1.165, 1.54) is 24.0 Å². The maximum Gasteiger partial charge on any atom is 0.317 e. The fourth-order valence-corrected chi connectivity index (χ4v) is 3.73. The van der Waals surface area contributed by atoms with Crippen molar-refractivity contribution >= 4 is 6.03 Å². The number of aryl methyl sites for hydroxylation is 1. The highest BCUT2D eigenvalue weighted by atomic mass is 16.2. The molecule has 1 saturated heterocycles. The van der Waals surface area contributed by atoms with Crippen LogP contribution in [0.3, 0.4) is 0 Å². The molecule has 6 heteroatoms. The third-order valence-electron chi connectivity index (χ3n) is 5.98. The molecule has 0 radical (unpaired) electrons. The molecule has 1 fully saturated rings. The van der Waals surface area contributed by atoms with Gasteiger partial charge >= 0.3 is 6.03 Å². The molecule has 1 atom stereocenters. The number of rotatable bonds is 8. The highest BCUT2D eigenvalue weighted by Crippen LogP contribution is 2.18. The van der Waals surface area contributed by atoms with Crippen molar-refractivity contribution in [3.05, 3.63) is 35.4 Å². The molecule has 0 aliphatic carbocycles. The van der Waals surface area contributed by atoms with Gasteiger partial charge in [-0.05, 0) is 66.6 Å². The summed E-state index contributed by atoms with van der Waals surface area (Å²) in [5, 5.41) is 3.11. The number of likely N-dealkylation sites (N-methyl/N-ethyl adjacent to an activating group) is 3. The number of piperidine rings is 1. The van der Waals surface area contributed by atoms with Crippen LogP contribution in [0.15, 0.2) is 24.3 Å². The Morgan fingerprint density at radius 2 is 1.71 bits per heavy atom. The fourth-order valence-electron chi connectivity index (χ4n) is 3.73. The molecule has 6 nitrogen and oxygen atoms in total. The van der Waals surface area contributed by atoms with Crippen LogP contribution in [0, 0.1) is 6.92 Å².